The van der Waals surface area contributed by atoms with Gasteiger partial charge < -0.3 is 28.8 Å². The fourth-order valence-electron chi connectivity index (χ4n) is 8.54. The van der Waals surface area contributed by atoms with Crippen LogP contribution in [0.4, 0.5) is 10.2 Å². The molecule has 1 saturated carbocycles. The summed E-state index contributed by atoms with van der Waals surface area (Å²) in [5.74, 6) is 2.56. The van der Waals surface area contributed by atoms with Gasteiger partial charge in [-0.3, -0.25) is 9.69 Å². The van der Waals surface area contributed by atoms with Crippen LogP contribution in [-0.2, 0) is 4.74 Å². The summed E-state index contributed by atoms with van der Waals surface area (Å²) in [7, 11) is 1.51. The number of hydrogen-bond acceptors (Lipinski definition) is 10. The van der Waals surface area contributed by atoms with Gasteiger partial charge >= 0.3 is 6.01 Å². The van der Waals surface area contributed by atoms with Gasteiger partial charge in [-0.1, -0.05) is 12.0 Å². The van der Waals surface area contributed by atoms with Gasteiger partial charge in [0.05, 0.1) is 16.7 Å². The van der Waals surface area contributed by atoms with Crippen molar-refractivity contribution in [3.05, 3.63) is 47.0 Å². The third kappa shape index (κ3) is 5.65. The number of carbonyl (C=O) groups excluding carboxylic acids is 1. The molecule has 50 heavy (non-hydrogen) atoms. The molecule has 0 unspecified atom stereocenters. The first kappa shape index (κ1) is 32.9. The summed E-state index contributed by atoms with van der Waals surface area (Å²) in [6, 6.07) is 6.35. The van der Waals surface area contributed by atoms with Gasteiger partial charge in [-0.2, -0.15) is 9.97 Å². The number of halogens is 1. The lowest BCUT2D eigenvalue weighted by Gasteiger charge is -2.38. The maximum absolute atomic E-state index is 15.2. The summed E-state index contributed by atoms with van der Waals surface area (Å²) < 4.78 is 34.5. The molecule has 1 atom stereocenters. The zero-order valence-electron chi connectivity index (χ0n) is 28.7. The van der Waals surface area contributed by atoms with Crippen LogP contribution in [-0.4, -0.2) is 93.1 Å². The van der Waals surface area contributed by atoms with E-state index in [-0.39, 0.29) is 41.3 Å². The van der Waals surface area contributed by atoms with Gasteiger partial charge in [-0.05, 0) is 101 Å². The van der Waals surface area contributed by atoms with Crippen LogP contribution in [0.25, 0.3) is 21.9 Å². The van der Waals surface area contributed by atoms with Gasteiger partial charge in [0.2, 0.25) is 5.78 Å². The normalized spacial score (nSPS) is 22.1. The number of ether oxygens (including phenoxy) is 3. The van der Waals surface area contributed by atoms with Gasteiger partial charge in [-0.25, -0.2) is 9.37 Å². The Bertz CT molecular complexity index is 2010. The summed E-state index contributed by atoms with van der Waals surface area (Å²) in [6.45, 7) is 5.47. The summed E-state index contributed by atoms with van der Waals surface area (Å²) in [4.78, 5) is 34.3. The highest BCUT2D eigenvalue weighted by atomic mass is 19.1. The van der Waals surface area contributed by atoms with Crippen LogP contribution in [0.1, 0.15) is 92.5 Å². The predicted molar refractivity (Wildman–Crippen MR) is 186 cm³/mol. The van der Waals surface area contributed by atoms with Crippen molar-refractivity contribution in [1.29, 1.82) is 0 Å². The second-order valence-corrected chi connectivity index (χ2v) is 14.6. The average molecular weight is 683 g/mol. The number of aliphatic hydroxyl groups is 1. The minimum atomic E-state index is -0.916. The minimum absolute atomic E-state index is 0.00518. The zero-order valence-corrected chi connectivity index (χ0v) is 28.7. The number of rotatable bonds is 10. The maximum atomic E-state index is 15.2. The highest BCUT2D eigenvalue weighted by Gasteiger charge is 2.45. The largest absolute Gasteiger partial charge is 0.468 e. The molecule has 12 heteroatoms. The van der Waals surface area contributed by atoms with Crippen molar-refractivity contribution < 1.29 is 28.5 Å². The number of β-amino-alcohol motifs (C(OH)–C–C–N with tert-alkyl or cyclic N) is 1. The van der Waals surface area contributed by atoms with Crippen molar-refractivity contribution in [1.82, 2.24) is 24.4 Å². The van der Waals surface area contributed by atoms with Crippen LogP contribution in [0, 0.1) is 18.2 Å². The molecule has 5 heterocycles. The van der Waals surface area contributed by atoms with Crippen molar-refractivity contribution in [2.24, 2.45) is 0 Å². The Balaban J connectivity index is 1.30. The second-order valence-electron chi connectivity index (χ2n) is 14.6. The van der Waals surface area contributed by atoms with Crippen LogP contribution in [0.3, 0.4) is 0 Å². The molecule has 3 saturated heterocycles. The fraction of sp³-hybridized carbons (Fsp3) is 0.526. The van der Waals surface area contributed by atoms with Crippen molar-refractivity contribution in [3.63, 3.8) is 0 Å². The van der Waals surface area contributed by atoms with Gasteiger partial charge in [0.25, 0.3) is 0 Å². The van der Waals surface area contributed by atoms with E-state index in [1.54, 1.807) is 18.2 Å². The molecule has 1 N–H and O–H groups in total. The van der Waals surface area contributed by atoms with Crippen molar-refractivity contribution in [3.8, 4) is 24.1 Å². The number of ketones is 1. The standard InChI is InChI=1S/C38H43FN6O5/c1-4-27-29(39)12-11-24-19-26(50-23-48-3)20-28(30(24)27)32(46)35-40-33-31(45(35)25-9-5-10-25)34(43-16-6-13-37(2,47)21-43)42-36(41-33)49-22-38-14-7-17-44(38)18-8-15-38/h1,11-12,19-20,25,47H,5-10,13-18,21-23H2,2-3H3/t37-/m1/s1. The lowest BCUT2D eigenvalue weighted by Crippen LogP contribution is -2.46. The molecule has 4 fully saturated rings. The van der Waals surface area contributed by atoms with Crippen LogP contribution < -0.4 is 14.4 Å². The Labute approximate surface area is 290 Å². The Morgan fingerprint density at radius 2 is 1.84 bits per heavy atom. The lowest BCUT2D eigenvalue weighted by atomic mass is 9.91. The molecule has 0 bridgehead atoms. The molecule has 4 aliphatic rings. The number of hydrogen-bond donors (Lipinski definition) is 1. The van der Waals surface area contributed by atoms with Gasteiger partial charge in [-0.15, -0.1) is 6.42 Å². The smallest absolute Gasteiger partial charge is 0.320 e. The molecular weight excluding hydrogens is 639 g/mol. The number of methoxy groups -OCH3 is 1. The molecule has 262 valence electrons. The Kier molecular flexibility index (Phi) is 8.40. The molecule has 2 aromatic heterocycles. The van der Waals surface area contributed by atoms with E-state index < -0.39 is 17.2 Å². The summed E-state index contributed by atoms with van der Waals surface area (Å²) in [5.41, 5.74) is 0.211. The molecule has 8 rings (SSSR count). The van der Waals surface area contributed by atoms with Crippen LogP contribution >= 0.6 is 0 Å². The molecule has 3 aliphatic heterocycles. The highest BCUT2D eigenvalue weighted by Crippen LogP contribution is 2.42. The summed E-state index contributed by atoms with van der Waals surface area (Å²) in [6.07, 6.45) is 14.4. The minimum Gasteiger partial charge on any atom is -0.468 e. The van der Waals surface area contributed by atoms with Gasteiger partial charge in [0.1, 0.15) is 23.7 Å². The molecule has 11 nitrogen and oxygen atoms in total. The van der Waals surface area contributed by atoms with Gasteiger partial charge in [0, 0.05) is 37.2 Å². The van der Waals surface area contributed by atoms with Crippen LogP contribution in [0.5, 0.6) is 11.8 Å². The first-order valence-electron chi connectivity index (χ1n) is 17.7. The van der Waals surface area contributed by atoms with Crippen LogP contribution in [0.2, 0.25) is 0 Å². The summed E-state index contributed by atoms with van der Waals surface area (Å²) in [5, 5.41) is 12.0. The number of imidazole rings is 1. The molecule has 2 aromatic carbocycles. The Morgan fingerprint density at radius 3 is 2.54 bits per heavy atom. The van der Waals surface area contributed by atoms with E-state index in [1.807, 2.05) is 11.5 Å². The number of nitrogens with zero attached hydrogens (tertiary/aromatic N) is 6. The number of fused-ring (bicyclic) bond motifs is 3. The van der Waals surface area contributed by atoms with Crippen molar-refractivity contribution in [2.75, 3.05) is 51.6 Å². The number of anilines is 1. The SMILES string of the molecule is C#Cc1c(F)ccc2cc(OCOC)cc(C(=O)c3nc4nc(OCC56CCCN5CCC6)nc(N5CCC[C@@](C)(O)C5)c4n3C3CCC3)c12. The Morgan fingerprint density at radius 1 is 1.06 bits per heavy atom. The van der Waals surface area contributed by atoms with Crippen molar-refractivity contribution in [2.45, 2.75) is 81.9 Å². The van der Waals surface area contributed by atoms with E-state index in [0.29, 0.717) is 59.6 Å². The molecule has 0 spiro atoms. The first-order chi connectivity index (χ1) is 24.2. The summed E-state index contributed by atoms with van der Waals surface area (Å²) >= 11 is 0. The third-order valence-corrected chi connectivity index (χ3v) is 11.2. The number of terminal acetylenes is 1. The molecule has 1 aliphatic carbocycles. The van der Waals surface area contributed by atoms with E-state index in [4.69, 9.17) is 35.6 Å². The number of carbonyl (C=O) groups is 1. The van der Waals surface area contributed by atoms with Gasteiger partial charge in [0.15, 0.2) is 24.1 Å². The third-order valence-electron chi connectivity index (χ3n) is 11.2. The lowest BCUT2D eigenvalue weighted by molar-refractivity contribution is 0.0446. The molecule has 4 aromatic rings. The quantitative estimate of drug-likeness (QED) is 0.133. The van der Waals surface area contributed by atoms with E-state index >= 15 is 4.39 Å². The zero-order chi connectivity index (χ0) is 34.6. The maximum Gasteiger partial charge on any atom is 0.320 e. The molecular formula is C38H43FN6O5. The van der Waals surface area contributed by atoms with Crippen molar-refractivity contribution >= 4 is 33.5 Å². The van der Waals surface area contributed by atoms with E-state index in [9.17, 15) is 9.90 Å². The number of aromatic nitrogens is 4. The number of benzene rings is 2. The monoisotopic (exact) mass is 682 g/mol. The van der Waals surface area contributed by atoms with E-state index in [2.05, 4.69) is 15.7 Å². The second kappa shape index (κ2) is 12.8. The predicted octanol–water partition coefficient (Wildman–Crippen LogP) is 5.40. The molecule has 0 amide bonds. The van der Waals surface area contributed by atoms with E-state index in [0.717, 1.165) is 64.5 Å². The van der Waals surface area contributed by atoms with Crippen LogP contribution in [0.15, 0.2) is 24.3 Å². The Hall–Kier alpha value is -4.31. The first-order valence-corrected chi connectivity index (χ1v) is 17.7. The molecule has 0 radical (unpaired) electrons. The topological polar surface area (TPSA) is 115 Å². The number of piperidine rings is 1. The highest BCUT2D eigenvalue weighted by molar-refractivity contribution is 6.17. The average Bonchev–Trinajstić information content (AvgIpc) is 3.77. The fourth-order valence-corrected chi connectivity index (χ4v) is 8.54. The van der Waals surface area contributed by atoms with E-state index in [1.165, 1.54) is 13.2 Å².